The van der Waals surface area contributed by atoms with Crippen LogP contribution < -0.4 is 16.8 Å². The van der Waals surface area contributed by atoms with Gasteiger partial charge in [0.15, 0.2) is 0 Å². The monoisotopic (exact) mass is 347 g/mol. The van der Waals surface area contributed by atoms with Crippen LogP contribution in [-0.2, 0) is 19.1 Å². The predicted molar refractivity (Wildman–Crippen MR) is 87.3 cm³/mol. The fraction of sp³-hybridized carbons (Fsp3) is 0.800. The molecule has 0 aromatic carbocycles. The minimum atomic E-state index is -1.17. The smallest absolute Gasteiger partial charge is 0.324 e. The third-order valence-electron chi connectivity index (χ3n) is 3.48. The molecule has 1 fully saturated rings. The Morgan fingerprint density at radius 1 is 1.17 bits per heavy atom. The molecule has 9 nitrogen and oxygen atoms in total. The van der Waals surface area contributed by atoms with Crippen molar-refractivity contribution in [3.05, 3.63) is 0 Å². The minimum Gasteiger partial charge on any atom is -0.480 e. The van der Waals surface area contributed by atoms with E-state index in [1.165, 1.54) is 6.92 Å². The van der Waals surface area contributed by atoms with Gasteiger partial charge in [-0.05, 0) is 38.6 Å². The molecule has 1 heterocycles. The maximum Gasteiger partial charge on any atom is 0.324 e. The molecule has 1 aliphatic heterocycles. The zero-order chi connectivity index (χ0) is 18.9. The van der Waals surface area contributed by atoms with E-state index in [0.29, 0.717) is 12.3 Å². The van der Waals surface area contributed by atoms with Crippen LogP contribution in [0.1, 0.15) is 40.0 Å². The average molecular weight is 347 g/mol. The zero-order valence-corrected chi connectivity index (χ0v) is 14.4. The Hall–Kier alpha value is -1.71. The summed E-state index contributed by atoms with van der Waals surface area (Å²) in [6.45, 7) is 6.16. The van der Waals surface area contributed by atoms with Gasteiger partial charge < -0.3 is 31.7 Å². The van der Waals surface area contributed by atoms with Crippen molar-refractivity contribution < 1.29 is 29.3 Å². The lowest BCUT2D eigenvalue weighted by Crippen LogP contribution is -2.45. The number of rotatable bonds is 7. The van der Waals surface area contributed by atoms with Crippen LogP contribution in [-0.4, -0.2) is 58.9 Å². The first kappa shape index (κ1) is 22.3. The highest BCUT2D eigenvalue weighted by molar-refractivity contribution is 5.78. The Morgan fingerprint density at radius 3 is 2.08 bits per heavy atom. The fourth-order valence-electron chi connectivity index (χ4n) is 2.03. The topological polar surface area (TPSA) is 165 Å². The van der Waals surface area contributed by atoms with Gasteiger partial charge in [0.05, 0.1) is 0 Å². The van der Waals surface area contributed by atoms with Gasteiger partial charge in [-0.15, -0.1) is 0 Å². The molecular weight excluding hydrogens is 318 g/mol. The molecule has 0 unspecified atom stereocenters. The third-order valence-corrected chi connectivity index (χ3v) is 3.48. The van der Waals surface area contributed by atoms with E-state index in [-0.39, 0.29) is 6.04 Å². The lowest BCUT2D eigenvalue weighted by atomic mass is 10.1. The van der Waals surface area contributed by atoms with E-state index in [1.807, 2.05) is 13.8 Å². The molecular formula is C15H29N3O6. The molecule has 0 aromatic rings. The van der Waals surface area contributed by atoms with Crippen molar-refractivity contribution in [3.63, 3.8) is 0 Å². The Morgan fingerprint density at radius 2 is 1.75 bits per heavy atom. The number of ether oxygens (including phenoxy) is 1. The zero-order valence-electron chi connectivity index (χ0n) is 14.4. The number of aliphatic carboxylic acids is 2. The molecule has 0 amide bonds. The largest absolute Gasteiger partial charge is 0.480 e. The number of nitrogens with one attached hydrogen (secondary N) is 1. The Balaban J connectivity index is 0.000000506. The molecule has 0 aliphatic carbocycles. The van der Waals surface area contributed by atoms with E-state index < -0.39 is 36.1 Å². The van der Waals surface area contributed by atoms with E-state index in [4.69, 9.17) is 26.4 Å². The van der Waals surface area contributed by atoms with Gasteiger partial charge in [0, 0.05) is 0 Å². The fourth-order valence-corrected chi connectivity index (χ4v) is 2.03. The number of carboxylic acids is 2. The maximum atomic E-state index is 11.4. The third kappa shape index (κ3) is 8.80. The van der Waals surface area contributed by atoms with Gasteiger partial charge in [-0.1, -0.05) is 13.8 Å². The first-order valence-corrected chi connectivity index (χ1v) is 7.96. The van der Waals surface area contributed by atoms with Gasteiger partial charge in [0.1, 0.15) is 24.2 Å². The number of nitrogens with two attached hydrogens (primary N) is 2. The van der Waals surface area contributed by atoms with Gasteiger partial charge in [0.2, 0.25) is 0 Å². The van der Waals surface area contributed by atoms with Gasteiger partial charge in [-0.25, -0.2) is 0 Å². The number of carboxylic acid groups (broad SMARTS) is 2. The molecule has 0 saturated carbocycles. The summed E-state index contributed by atoms with van der Waals surface area (Å²) < 4.78 is 4.95. The van der Waals surface area contributed by atoms with Crippen LogP contribution in [0.5, 0.6) is 0 Å². The van der Waals surface area contributed by atoms with E-state index in [2.05, 4.69) is 5.32 Å². The number of carbonyl (C=O) groups excluding carboxylic acids is 1. The highest BCUT2D eigenvalue weighted by Crippen LogP contribution is 2.09. The highest BCUT2D eigenvalue weighted by atomic mass is 16.5. The second kappa shape index (κ2) is 11.0. The van der Waals surface area contributed by atoms with Crippen LogP contribution >= 0.6 is 0 Å². The van der Waals surface area contributed by atoms with E-state index >= 15 is 0 Å². The van der Waals surface area contributed by atoms with Gasteiger partial charge in [-0.2, -0.15) is 0 Å². The van der Waals surface area contributed by atoms with Crippen molar-refractivity contribution >= 4 is 17.9 Å². The summed E-state index contributed by atoms with van der Waals surface area (Å²) in [7, 11) is 0. The number of hydrogen-bond donors (Lipinski definition) is 5. The van der Waals surface area contributed by atoms with Crippen LogP contribution in [0, 0.1) is 5.92 Å². The molecule has 1 rings (SSSR count). The number of carbonyl (C=O) groups is 3. The molecule has 7 N–H and O–H groups in total. The molecule has 140 valence electrons. The number of hydrogen-bond acceptors (Lipinski definition) is 7. The van der Waals surface area contributed by atoms with E-state index in [0.717, 1.165) is 19.4 Å². The molecule has 0 spiro atoms. The summed E-state index contributed by atoms with van der Waals surface area (Å²) in [5.41, 5.74) is 10.5. The summed E-state index contributed by atoms with van der Waals surface area (Å²) in [4.78, 5) is 32.1. The maximum absolute atomic E-state index is 11.4. The van der Waals surface area contributed by atoms with Crippen LogP contribution in [0.3, 0.4) is 0 Å². The van der Waals surface area contributed by atoms with E-state index in [1.54, 1.807) is 0 Å². The minimum absolute atomic E-state index is 0.312. The molecule has 0 aromatic heterocycles. The molecule has 4 atom stereocenters. The van der Waals surface area contributed by atoms with Crippen molar-refractivity contribution in [3.8, 4) is 0 Å². The van der Waals surface area contributed by atoms with Gasteiger partial charge >= 0.3 is 17.9 Å². The predicted octanol–water partition coefficient (Wildman–Crippen LogP) is -0.474. The van der Waals surface area contributed by atoms with Crippen molar-refractivity contribution in [1.29, 1.82) is 0 Å². The molecule has 1 saturated heterocycles. The van der Waals surface area contributed by atoms with Crippen LogP contribution in [0.25, 0.3) is 0 Å². The Bertz CT molecular complexity index is 423. The first-order valence-electron chi connectivity index (χ1n) is 7.96. The van der Waals surface area contributed by atoms with Gasteiger partial charge in [0.25, 0.3) is 0 Å². The second-order valence-corrected chi connectivity index (χ2v) is 6.23. The summed E-state index contributed by atoms with van der Waals surface area (Å²) in [6.07, 6.45) is 1.40. The highest BCUT2D eigenvalue weighted by Gasteiger charge is 2.29. The van der Waals surface area contributed by atoms with Crippen molar-refractivity contribution in [2.45, 2.75) is 64.3 Å². The molecule has 1 aliphatic rings. The Labute approximate surface area is 141 Å². The van der Waals surface area contributed by atoms with Crippen LogP contribution in [0.15, 0.2) is 0 Å². The summed E-state index contributed by atoms with van der Waals surface area (Å²) in [5.74, 6) is -2.15. The quantitative estimate of drug-likeness (QED) is 0.382. The standard InChI is InChI=1S/C9H16N2O4.C6H13NO2/c1-5(7(10)8(12)13)15-9(14)6-3-2-4-11-6;1-4(2)3-5(7)6(8)9/h5-7,11H,2-4,10H2,1H3,(H,12,13);4-5H,3,7H2,1-2H3,(H,8,9)/t5-,6+,7+;5-/m10/s1. The summed E-state index contributed by atoms with van der Waals surface area (Å²) >= 11 is 0. The van der Waals surface area contributed by atoms with Crippen LogP contribution in [0.2, 0.25) is 0 Å². The summed E-state index contributed by atoms with van der Waals surface area (Å²) in [5, 5.41) is 19.9. The molecule has 24 heavy (non-hydrogen) atoms. The molecule has 0 bridgehead atoms. The second-order valence-electron chi connectivity index (χ2n) is 6.23. The molecule has 9 heteroatoms. The number of esters is 1. The molecule has 0 radical (unpaired) electrons. The lowest BCUT2D eigenvalue weighted by molar-refractivity contribution is -0.155. The van der Waals surface area contributed by atoms with Crippen molar-refractivity contribution in [2.75, 3.05) is 6.54 Å². The lowest BCUT2D eigenvalue weighted by Gasteiger charge is -2.19. The first-order chi connectivity index (χ1) is 11.1. The average Bonchev–Trinajstić information content (AvgIpc) is 3.00. The normalized spacial score (nSPS) is 20.5. The van der Waals surface area contributed by atoms with Crippen LogP contribution in [0.4, 0.5) is 0 Å². The Kier molecular flexibility index (Phi) is 10.2. The van der Waals surface area contributed by atoms with Gasteiger partial charge in [-0.3, -0.25) is 14.4 Å². The van der Waals surface area contributed by atoms with E-state index in [9.17, 15) is 14.4 Å². The van der Waals surface area contributed by atoms with Crippen molar-refractivity contribution in [1.82, 2.24) is 5.32 Å². The summed E-state index contributed by atoms with van der Waals surface area (Å²) in [6, 6.07) is -2.17. The van der Waals surface area contributed by atoms with Crippen molar-refractivity contribution in [2.24, 2.45) is 17.4 Å². The SMILES string of the molecule is CC(C)C[C@H](N)C(=O)O.C[C@@H](OC(=O)[C@@H]1CCCN1)[C@H](N)C(=O)O.